The zero-order chi connectivity index (χ0) is 25.1. The second-order valence-corrected chi connectivity index (χ2v) is 9.86. The number of aromatic nitrogens is 3. The summed E-state index contributed by atoms with van der Waals surface area (Å²) in [6.45, 7) is 0.412. The molecule has 3 N–H and O–H groups in total. The van der Waals surface area contributed by atoms with Crippen LogP contribution in [-0.4, -0.2) is 49.1 Å². The molecule has 0 aliphatic carbocycles. The van der Waals surface area contributed by atoms with Gasteiger partial charge in [0.25, 0.3) is 0 Å². The summed E-state index contributed by atoms with van der Waals surface area (Å²) in [4.78, 5) is 4.72. The summed E-state index contributed by atoms with van der Waals surface area (Å²) in [5.41, 5.74) is 3.83. The molecular weight excluding hydrogens is 473 g/mol. The molecule has 10 heteroatoms. The molecule has 0 amide bonds. The first-order valence-corrected chi connectivity index (χ1v) is 12.7. The van der Waals surface area contributed by atoms with Gasteiger partial charge in [-0.15, -0.1) is 0 Å². The summed E-state index contributed by atoms with van der Waals surface area (Å²) in [7, 11) is 2.34. The van der Waals surface area contributed by atoms with Crippen molar-refractivity contribution in [2.24, 2.45) is 0 Å². The molecule has 0 aliphatic rings. The molecule has 178 valence electrons. The van der Waals surface area contributed by atoms with Gasteiger partial charge in [0.05, 0.1) is 10.6 Å². The number of anilines is 1. The molecule has 0 bridgehead atoms. The second-order valence-electron chi connectivity index (χ2n) is 8.09. The lowest BCUT2D eigenvalue weighted by atomic mass is 10.0. The molecule has 0 spiro atoms. The molecule has 3 aromatic carbocycles. The fourth-order valence-electron chi connectivity index (χ4n) is 3.85. The molecule has 0 unspecified atom stereocenters. The number of hydrogen-bond acceptors (Lipinski definition) is 6. The zero-order valence-corrected chi connectivity index (χ0v) is 20.0. The number of aromatic hydroxyl groups is 1. The topological polar surface area (TPSA) is 109 Å². The minimum Gasteiger partial charge on any atom is -0.507 e. The number of phenols is 1. The molecule has 2 radical (unpaired) electrons. The minimum absolute atomic E-state index is 0.0874. The van der Waals surface area contributed by atoms with Gasteiger partial charge < -0.3 is 10.4 Å². The molecule has 8 nitrogen and oxygen atoms in total. The Bertz CT molecular complexity index is 1620. The Labute approximate surface area is 210 Å². The fourth-order valence-corrected chi connectivity index (χ4v) is 4.88. The van der Waals surface area contributed by atoms with Gasteiger partial charge in [-0.05, 0) is 40.9 Å². The van der Waals surface area contributed by atoms with Crippen LogP contribution in [0, 0.1) is 0 Å². The van der Waals surface area contributed by atoms with Crippen LogP contribution >= 0.6 is 0 Å². The van der Waals surface area contributed by atoms with Crippen molar-refractivity contribution < 1.29 is 13.5 Å². The highest BCUT2D eigenvalue weighted by atomic mass is 32.2. The largest absolute Gasteiger partial charge is 0.507 e. The standard InChI is InChI=1S/C26H22BN5O3S/c27-22-17-29-32-25(16-23(31-26(22)32)21-8-4-5-9-24(21)33)28-14-15-30-36(34,35)20-12-10-19(11-13-20)18-6-2-1-3-7-18/h1-13,16-17,28,30,33H,14-15H2. The molecule has 0 saturated carbocycles. The summed E-state index contributed by atoms with van der Waals surface area (Å²) >= 11 is 0. The van der Waals surface area contributed by atoms with E-state index in [-0.39, 0.29) is 23.7 Å². The first-order chi connectivity index (χ1) is 17.4. The highest BCUT2D eigenvalue weighted by Gasteiger charge is 2.15. The molecule has 5 rings (SSSR count). The molecule has 5 aromatic rings. The maximum atomic E-state index is 12.8. The van der Waals surface area contributed by atoms with E-state index >= 15 is 0 Å². The van der Waals surface area contributed by atoms with Crippen molar-refractivity contribution in [2.75, 3.05) is 18.4 Å². The average Bonchev–Trinajstić information content (AvgIpc) is 3.28. The summed E-state index contributed by atoms with van der Waals surface area (Å²) in [5.74, 6) is 0.644. The van der Waals surface area contributed by atoms with Crippen molar-refractivity contribution >= 4 is 34.8 Å². The van der Waals surface area contributed by atoms with Gasteiger partial charge >= 0.3 is 0 Å². The lowest BCUT2D eigenvalue weighted by Crippen LogP contribution is -2.29. The molecule has 0 aliphatic heterocycles. The fraction of sp³-hybridized carbons (Fsp3) is 0.0769. The van der Waals surface area contributed by atoms with Gasteiger partial charge in [-0.1, -0.05) is 54.6 Å². The summed E-state index contributed by atoms with van der Waals surface area (Å²) in [5, 5.41) is 17.7. The molecule has 0 saturated heterocycles. The molecule has 2 heterocycles. The van der Waals surface area contributed by atoms with Crippen LogP contribution in [0.25, 0.3) is 28.0 Å². The van der Waals surface area contributed by atoms with Crippen LogP contribution in [-0.2, 0) is 10.0 Å². The Morgan fingerprint density at radius 2 is 1.58 bits per heavy atom. The van der Waals surface area contributed by atoms with E-state index < -0.39 is 10.0 Å². The first-order valence-electron chi connectivity index (χ1n) is 11.2. The summed E-state index contributed by atoms with van der Waals surface area (Å²) < 4.78 is 29.7. The van der Waals surface area contributed by atoms with Gasteiger partial charge in [-0.25, -0.2) is 18.1 Å². The van der Waals surface area contributed by atoms with Gasteiger partial charge in [0, 0.05) is 30.9 Å². The van der Waals surface area contributed by atoms with E-state index in [2.05, 4.69) is 20.1 Å². The Morgan fingerprint density at radius 3 is 2.33 bits per heavy atom. The van der Waals surface area contributed by atoms with Crippen LogP contribution in [0.2, 0.25) is 0 Å². The van der Waals surface area contributed by atoms with E-state index in [1.54, 1.807) is 54.6 Å². The van der Waals surface area contributed by atoms with Crippen molar-refractivity contribution in [1.29, 1.82) is 0 Å². The van der Waals surface area contributed by atoms with E-state index in [9.17, 15) is 13.5 Å². The van der Waals surface area contributed by atoms with Gasteiger partial charge in [0.1, 0.15) is 19.4 Å². The third-order valence-corrected chi connectivity index (χ3v) is 7.15. The highest BCUT2D eigenvalue weighted by molar-refractivity contribution is 7.89. The van der Waals surface area contributed by atoms with E-state index in [4.69, 9.17) is 7.85 Å². The first kappa shape index (κ1) is 23.6. The van der Waals surface area contributed by atoms with Crippen molar-refractivity contribution in [3.8, 4) is 28.1 Å². The highest BCUT2D eigenvalue weighted by Crippen LogP contribution is 2.29. The van der Waals surface area contributed by atoms with Crippen molar-refractivity contribution in [3.05, 3.63) is 91.1 Å². The van der Waals surface area contributed by atoms with Crippen LogP contribution in [0.4, 0.5) is 5.82 Å². The third kappa shape index (κ3) is 4.81. The van der Waals surface area contributed by atoms with E-state index in [1.807, 2.05) is 30.3 Å². The quantitative estimate of drug-likeness (QED) is 0.226. The summed E-state index contributed by atoms with van der Waals surface area (Å²) in [6.07, 6.45) is 1.49. The van der Waals surface area contributed by atoms with Crippen molar-refractivity contribution in [1.82, 2.24) is 19.3 Å². The normalized spacial score (nSPS) is 11.6. The second kappa shape index (κ2) is 9.84. The molecule has 0 fully saturated rings. The zero-order valence-electron chi connectivity index (χ0n) is 19.2. The number of rotatable bonds is 8. The average molecular weight is 495 g/mol. The summed E-state index contributed by atoms with van der Waals surface area (Å²) in [6, 6.07) is 25.1. The van der Waals surface area contributed by atoms with Crippen LogP contribution in [0.1, 0.15) is 0 Å². The number of phenolic OH excluding ortho intramolecular Hbond substituents is 1. The predicted molar refractivity (Wildman–Crippen MR) is 141 cm³/mol. The minimum atomic E-state index is -3.69. The number of nitrogens with zero attached hydrogens (tertiary/aromatic N) is 3. The van der Waals surface area contributed by atoms with Crippen LogP contribution in [0.15, 0.2) is 96.0 Å². The number of benzene rings is 3. The monoisotopic (exact) mass is 495 g/mol. The number of hydrogen-bond donors (Lipinski definition) is 3. The molecule has 0 atom stereocenters. The van der Waals surface area contributed by atoms with Crippen LogP contribution < -0.4 is 15.5 Å². The Morgan fingerprint density at radius 1 is 0.889 bits per heavy atom. The van der Waals surface area contributed by atoms with E-state index in [0.29, 0.717) is 28.2 Å². The van der Waals surface area contributed by atoms with Gasteiger partial charge in [-0.3, -0.25) is 0 Å². The Hall–Kier alpha value is -4.15. The smallest absolute Gasteiger partial charge is 0.240 e. The maximum absolute atomic E-state index is 12.8. The molecule has 36 heavy (non-hydrogen) atoms. The predicted octanol–water partition coefficient (Wildman–Crippen LogP) is 2.95. The van der Waals surface area contributed by atoms with E-state index in [0.717, 1.165) is 11.1 Å². The lowest BCUT2D eigenvalue weighted by Gasteiger charge is -2.13. The number of nitrogens with one attached hydrogen (secondary N) is 2. The van der Waals surface area contributed by atoms with Crippen LogP contribution in [0.3, 0.4) is 0 Å². The van der Waals surface area contributed by atoms with Gasteiger partial charge in [0.2, 0.25) is 10.0 Å². The molecular formula is C26H22BN5O3S. The Kier molecular flexibility index (Phi) is 6.45. The Balaban J connectivity index is 1.29. The van der Waals surface area contributed by atoms with Gasteiger partial charge in [-0.2, -0.15) is 9.61 Å². The van der Waals surface area contributed by atoms with Crippen LogP contribution in [0.5, 0.6) is 5.75 Å². The SMILES string of the molecule is [B]c1cnn2c(NCCNS(=O)(=O)c3ccc(-c4ccccc4)cc3)cc(-c3ccccc3O)nc12. The van der Waals surface area contributed by atoms with E-state index in [1.165, 1.54) is 10.7 Å². The lowest BCUT2D eigenvalue weighted by molar-refractivity contribution is 0.477. The third-order valence-electron chi connectivity index (χ3n) is 5.67. The maximum Gasteiger partial charge on any atom is 0.240 e. The number of para-hydroxylation sites is 1. The number of fused-ring (bicyclic) bond motifs is 1. The van der Waals surface area contributed by atoms with Crippen molar-refractivity contribution in [3.63, 3.8) is 0 Å². The number of sulfonamides is 1. The molecule has 2 aromatic heterocycles. The van der Waals surface area contributed by atoms with Crippen molar-refractivity contribution in [2.45, 2.75) is 4.90 Å². The van der Waals surface area contributed by atoms with Gasteiger partial charge in [0.15, 0.2) is 5.65 Å².